The van der Waals surface area contributed by atoms with Gasteiger partial charge in [0, 0.05) is 12.0 Å². The summed E-state index contributed by atoms with van der Waals surface area (Å²) < 4.78 is 26.7. The van der Waals surface area contributed by atoms with E-state index >= 15 is 4.39 Å². The summed E-state index contributed by atoms with van der Waals surface area (Å²) in [5.74, 6) is 1.38. The van der Waals surface area contributed by atoms with Crippen LogP contribution in [0.3, 0.4) is 0 Å². The molecule has 3 aromatic carbocycles. The number of para-hydroxylation sites is 1. The Morgan fingerprint density at radius 1 is 1.00 bits per heavy atom. The molecule has 0 radical (unpaired) electrons. The highest BCUT2D eigenvalue weighted by molar-refractivity contribution is 5.65. The van der Waals surface area contributed by atoms with E-state index in [1.165, 1.54) is 0 Å². The molecule has 132 valence electrons. The van der Waals surface area contributed by atoms with Crippen molar-refractivity contribution in [2.75, 3.05) is 7.11 Å². The second-order valence-electron chi connectivity index (χ2n) is 6.58. The molecule has 0 amide bonds. The summed E-state index contributed by atoms with van der Waals surface area (Å²) in [5.41, 5.74) is 3.37. The summed E-state index contributed by atoms with van der Waals surface area (Å²) in [6.07, 6.45) is 2.27. The third-order valence-electron chi connectivity index (χ3n) is 4.91. The maximum atomic E-state index is 15.1. The van der Waals surface area contributed by atoms with Gasteiger partial charge in [0.15, 0.2) is 11.5 Å². The molecule has 2 nitrogen and oxygen atoms in total. The lowest BCUT2D eigenvalue weighted by Gasteiger charge is -2.27. The van der Waals surface area contributed by atoms with Gasteiger partial charge in [-0.05, 0) is 35.6 Å². The van der Waals surface area contributed by atoms with Crippen molar-refractivity contribution < 1.29 is 13.9 Å². The highest BCUT2D eigenvalue weighted by Gasteiger charge is 2.24. The Morgan fingerprint density at radius 3 is 2.62 bits per heavy atom. The largest absolute Gasteiger partial charge is 0.493 e. The van der Waals surface area contributed by atoms with Gasteiger partial charge in [-0.3, -0.25) is 0 Å². The minimum atomic E-state index is -0.159. The summed E-state index contributed by atoms with van der Waals surface area (Å²) in [6.45, 7) is 0. The maximum Gasteiger partial charge on any atom is 0.164 e. The fraction of sp³-hybridized carbons (Fsp3) is 0.217. The summed E-state index contributed by atoms with van der Waals surface area (Å²) in [7, 11) is 1.64. The summed E-state index contributed by atoms with van der Waals surface area (Å²) in [5, 5.41) is 0. The van der Waals surface area contributed by atoms with Gasteiger partial charge in [0.25, 0.3) is 0 Å². The number of aryl methyl sites for hydroxylation is 1. The fourth-order valence-corrected chi connectivity index (χ4v) is 3.56. The lowest BCUT2D eigenvalue weighted by molar-refractivity contribution is 0.165. The van der Waals surface area contributed by atoms with Crippen LogP contribution in [0.4, 0.5) is 4.39 Å². The predicted molar refractivity (Wildman–Crippen MR) is 101 cm³/mol. The van der Waals surface area contributed by atoms with Gasteiger partial charge < -0.3 is 9.47 Å². The van der Waals surface area contributed by atoms with Crippen LogP contribution in [0.1, 0.15) is 17.5 Å². The Morgan fingerprint density at radius 2 is 1.81 bits per heavy atom. The van der Waals surface area contributed by atoms with Gasteiger partial charge in [-0.2, -0.15) is 0 Å². The number of benzene rings is 3. The van der Waals surface area contributed by atoms with E-state index < -0.39 is 0 Å². The lowest BCUT2D eigenvalue weighted by Crippen LogP contribution is -2.25. The topological polar surface area (TPSA) is 18.5 Å². The van der Waals surface area contributed by atoms with Crippen molar-refractivity contribution >= 4 is 0 Å². The molecule has 0 aliphatic carbocycles. The van der Waals surface area contributed by atoms with Crippen LogP contribution >= 0.6 is 0 Å². The van der Waals surface area contributed by atoms with Crippen LogP contribution in [-0.2, 0) is 12.8 Å². The summed E-state index contributed by atoms with van der Waals surface area (Å²) in [4.78, 5) is 0. The second-order valence-corrected chi connectivity index (χ2v) is 6.58. The molecule has 0 aromatic heterocycles. The van der Waals surface area contributed by atoms with E-state index in [0.29, 0.717) is 17.5 Å². The Labute approximate surface area is 153 Å². The van der Waals surface area contributed by atoms with E-state index in [4.69, 9.17) is 9.47 Å². The van der Waals surface area contributed by atoms with Gasteiger partial charge in [0.2, 0.25) is 0 Å². The maximum absolute atomic E-state index is 15.1. The van der Waals surface area contributed by atoms with Gasteiger partial charge in [0.05, 0.1) is 7.11 Å². The number of rotatable bonds is 4. The van der Waals surface area contributed by atoms with Gasteiger partial charge in [0.1, 0.15) is 11.9 Å². The predicted octanol–water partition coefficient (Wildman–Crippen LogP) is 5.44. The van der Waals surface area contributed by atoms with Crippen molar-refractivity contribution in [3.8, 4) is 22.6 Å². The van der Waals surface area contributed by atoms with Crippen LogP contribution < -0.4 is 9.47 Å². The molecule has 0 N–H and O–H groups in total. The van der Waals surface area contributed by atoms with Gasteiger partial charge in [-0.15, -0.1) is 0 Å². The molecule has 0 unspecified atom stereocenters. The van der Waals surface area contributed by atoms with Crippen LogP contribution in [0.15, 0.2) is 66.7 Å². The standard InChI is InChI=1S/C23H21FO2/c1-25-21-12-6-9-17-13-14-19(26-23(17)21)15-18-10-5-11-20(22(18)24)16-7-3-2-4-8-16/h2-12,19H,13-15H2,1H3/t19-/m0/s1. The number of ether oxygens (including phenoxy) is 2. The SMILES string of the molecule is COc1cccc2c1O[C@H](Cc1cccc(-c3ccccc3)c1F)CC2. The van der Waals surface area contributed by atoms with E-state index in [2.05, 4.69) is 6.07 Å². The Balaban J connectivity index is 1.59. The third kappa shape index (κ3) is 3.17. The van der Waals surface area contributed by atoms with Crippen molar-refractivity contribution in [1.82, 2.24) is 0 Å². The van der Waals surface area contributed by atoms with Gasteiger partial charge in [-0.1, -0.05) is 60.7 Å². The molecule has 0 saturated carbocycles. The highest BCUT2D eigenvalue weighted by atomic mass is 19.1. The first kappa shape index (κ1) is 16.6. The minimum absolute atomic E-state index is 0.0562. The molecule has 1 aliphatic heterocycles. The van der Waals surface area contributed by atoms with E-state index in [9.17, 15) is 0 Å². The number of hydrogen-bond donors (Lipinski definition) is 0. The average molecular weight is 348 g/mol. The molecule has 0 saturated heterocycles. The summed E-state index contributed by atoms with van der Waals surface area (Å²) in [6, 6.07) is 21.2. The van der Waals surface area contributed by atoms with Gasteiger partial charge in [-0.25, -0.2) is 4.39 Å². The number of methoxy groups -OCH3 is 1. The van der Waals surface area contributed by atoms with Gasteiger partial charge >= 0.3 is 0 Å². The van der Waals surface area contributed by atoms with Crippen LogP contribution in [-0.4, -0.2) is 13.2 Å². The molecule has 0 bridgehead atoms. The van der Waals surface area contributed by atoms with E-state index in [1.54, 1.807) is 7.11 Å². The molecule has 1 atom stereocenters. The van der Waals surface area contributed by atoms with Crippen LogP contribution in [0.2, 0.25) is 0 Å². The summed E-state index contributed by atoms with van der Waals surface area (Å²) >= 11 is 0. The number of hydrogen-bond acceptors (Lipinski definition) is 2. The van der Waals surface area contributed by atoms with Crippen molar-refractivity contribution in [2.24, 2.45) is 0 Å². The highest BCUT2D eigenvalue weighted by Crippen LogP contribution is 2.37. The number of fused-ring (bicyclic) bond motifs is 1. The third-order valence-corrected chi connectivity index (χ3v) is 4.91. The van der Waals surface area contributed by atoms with Crippen molar-refractivity contribution in [3.63, 3.8) is 0 Å². The van der Waals surface area contributed by atoms with Crippen molar-refractivity contribution in [1.29, 1.82) is 0 Å². The lowest BCUT2D eigenvalue weighted by atomic mass is 9.95. The zero-order chi connectivity index (χ0) is 17.9. The molecule has 1 heterocycles. The first-order chi connectivity index (χ1) is 12.8. The molecule has 0 spiro atoms. The number of halogens is 1. The molecule has 1 aliphatic rings. The van der Waals surface area contributed by atoms with E-state index in [1.807, 2.05) is 60.7 Å². The molecule has 3 heteroatoms. The monoisotopic (exact) mass is 348 g/mol. The Kier molecular flexibility index (Phi) is 4.61. The second kappa shape index (κ2) is 7.20. The zero-order valence-electron chi connectivity index (χ0n) is 14.7. The average Bonchev–Trinajstić information content (AvgIpc) is 2.70. The first-order valence-corrected chi connectivity index (χ1v) is 8.91. The quantitative estimate of drug-likeness (QED) is 0.625. The van der Waals surface area contributed by atoms with E-state index in [-0.39, 0.29) is 11.9 Å². The Bertz CT molecular complexity index is 891. The van der Waals surface area contributed by atoms with E-state index in [0.717, 1.165) is 35.5 Å². The molecular formula is C23H21FO2. The molecule has 3 aromatic rings. The van der Waals surface area contributed by atoms with Crippen molar-refractivity contribution in [3.05, 3.63) is 83.7 Å². The van der Waals surface area contributed by atoms with Crippen molar-refractivity contribution in [2.45, 2.75) is 25.4 Å². The van der Waals surface area contributed by atoms with Crippen LogP contribution in [0.25, 0.3) is 11.1 Å². The fourth-order valence-electron chi connectivity index (χ4n) is 3.56. The molecule has 26 heavy (non-hydrogen) atoms. The van der Waals surface area contributed by atoms with Crippen LogP contribution in [0.5, 0.6) is 11.5 Å². The minimum Gasteiger partial charge on any atom is -0.493 e. The normalized spacial score (nSPS) is 15.8. The molecule has 0 fully saturated rings. The Hall–Kier alpha value is -2.81. The van der Waals surface area contributed by atoms with Crippen LogP contribution in [0, 0.1) is 5.82 Å². The molecular weight excluding hydrogens is 327 g/mol. The zero-order valence-corrected chi connectivity index (χ0v) is 14.7. The first-order valence-electron chi connectivity index (χ1n) is 8.91. The smallest absolute Gasteiger partial charge is 0.164 e. The molecule has 4 rings (SSSR count).